The number of hydrogen-bond acceptors (Lipinski definition) is 5. The van der Waals surface area contributed by atoms with Crippen LogP contribution in [0.2, 0.25) is 0 Å². The van der Waals surface area contributed by atoms with Gasteiger partial charge in [0.25, 0.3) is 0 Å². The first-order valence-corrected chi connectivity index (χ1v) is 9.01. The molecule has 27 heavy (non-hydrogen) atoms. The van der Waals surface area contributed by atoms with E-state index in [4.69, 9.17) is 13.9 Å². The van der Waals surface area contributed by atoms with E-state index >= 15 is 0 Å². The maximum atomic E-state index is 13.0. The number of ether oxygens (including phenoxy) is 2. The highest BCUT2D eigenvalue weighted by Gasteiger charge is 2.21. The summed E-state index contributed by atoms with van der Waals surface area (Å²) in [5, 5.41) is 0.540. The number of furan rings is 1. The van der Waals surface area contributed by atoms with Crippen LogP contribution in [-0.4, -0.2) is 25.0 Å². The Morgan fingerprint density at radius 1 is 1.19 bits per heavy atom. The van der Waals surface area contributed by atoms with Crippen molar-refractivity contribution in [1.29, 1.82) is 0 Å². The number of fused-ring (bicyclic) bond motifs is 1. The number of halogens is 2. The molecule has 0 N–H and O–H groups in total. The molecular formula is C20H16BrFO5. The van der Waals surface area contributed by atoms with Crippen LogP contribution in [0.1, 0.15) is 33.4 Å². The summed E-state index contributed by atoms with van der Waals surface area (Å²) in [6.07, 6.45) is 0. The quantitative estimate of drug-likeness (QED) is 0.399. The van der Waals surface area contributed by atoms with Crippen molar-refractivity contribution in [3.05, 3.63) is 63.6 Å². The van der Waals surface area contributed by atoms with Crippen molar-refractivity contribution in [1.82, 2.24) is 0 Å². The maximum absolute atomic E-state index is 13.0. The Kier molecular flexibility index (Phi) is 5.60. The molecule has 0 saturated heterocycles. The molecule has 0 unspecified atom stereocenters. The van der Waals surface area contributed by atoms with Crippen LogP contribution in [0.5, 0.6) is 5.75 Å². The first-order chi connectivity index (χ1) is 12.9. The molecule has 0 spiro atoms. The third-order valence-electron chi connectivity index (χ3n) is 3.92. The number of esters is 1. The Balaban J connectivity index is 1.87. The second-order valence-electron chi connectivity index (χ2n) is 5.75. The van der Waals surface area contributed by atoms with E-state index in [0.29, 0.717) is 38.1 Å². The molecular weight excluding hydrogens is 419 g/mol. The third-order valence-corrected chi connectivity index (χ3v) is 4.54. The number of aryl methyl sites for hydroxylation is 1. The summed E-state index contributed by atoms with van der Waals surface area (Å²) in [5.41, 5.74) is 1.17. The highest BCUT2D eigenvalue weighted by Crippen LogP contribution is 2.35. The molecule has 140 valence electrons. The first-order valence-electron chi connectivity index (χ1n) is 8.22. The first kappa shape index (κ1) is 19.1. The minimum Gasteiger partial charge on any atom is -0.484 e. The number of carbonyl (C=O) groups is 2. The van der Waals surface area contributed by atoms with Gasteiger partial charge in [0.05, 0.1) is 11.1 Å². The summed E-state index contributed by atoms with van der Waals surface area (Å²) in [7, 11) is 0. The molecule has 0 aliphatic heterocycles. The number of benzene rings is 2. The van der Waals surface area contributed by atoms with E-state index in [1.54, 1.807) is 26.0 Å². The summed E-state index contributed by atoms with van der Waals surface area (Å²) in [5.74, 6) is -0.373. The van der Waals surface area contributed by atoms with E-state index in [-0.39, 0.29) is 19.0 Å². The second-order valence-corrected chi connectivity index (χ2v) is 6.61. The molecule has 7 heteroatoms. The molecule has 0 aliphatic carbocycles. The zero-order valence-electron chi connectivity index (χ0n) is 14.7. The van der Waals surface area contributed by atoms with E-state index in [1.165, 1.54) is 24.3 Å². The van der Waals surface area contributed by atoms with Crippen LogP contribution in [-0.2, 0) is 4.74 Å². The van der Waals surface area contributed by atoms with Gasteiger partial charge in [-0.15, -0.1) is 0 Å². The van der Waals surface area contributed by atoms with Crippen LogP contribution < -0.4 is 4.74 Å². The van der Waals surface area contributed by atoms with E-state index in [9.17, 15) is 14.0 Å². The predicted octanol–water partition coefficient (Wildman–Crippen LogP) is 5.08. The van der Waals surface area contributed by atoms with Gasteiger partial charge in [-0.05, 0) is 66.2 Å². The summed E-state index contributed by atoms with van der Waals surface area (Å²) in [6, 6.07) is 8.53. The Morgan fingerprint density at radius 3 is 2.56 bits per heavy atom. The summed E-state index contributed by atoms with van der Waals surface area (Å²) < 4.78 is 29.8. The van der Waals surface area contributed by atoms with Gasteiger partial charge >= 0.3 is 5.97 Å². The molecule has 0 radical (unpaired) electrons. The average molecular weight is 435 g/mol. The summed E-state index contributed by atoms with van der Waals surface area (Å²) in [4.78, 5) is 24.4. The van der Waals surface area contributed by atoms with Crippen LogP contribution in [0.15, 0.2) is 45.3 Å². The SMILES string of the molecule is CCOC(=O)c1c(C)oc2cc(Br)c(OCC(=O)c3ccc(F)cc3)cc12. The molecule has 0 aliphatic rings. The Labute approximate surface area is 163 Å². The fourth-order valence-corrected chi connectivity index (χ4v) is 3.09. The number of Topliss-reactive ketones (excluding diaryl/α,β-unsaturated/α-hetero) is 1. The zero-order chi connectivity index (χ0) is 19.6. The second kappa shape index (κ2) is 7.92. The molecule has 0 saturated carbocycles. The van der Waals surface area contributed by atoms with Gasteiger partial charge in [0.15, 0.2) is 12.4 Å². The molecule has 0 bridgehead atoms. The fraction of sp³-hybridized carbons (Fsp3) is 0.200. The van der Waals surface area contributed by atoms with Crippen LogP contribution in [0.3, 0.4) is 0 Å². The molecule has 5 nitrogen and oxygen atoms in total. The largest absolute Gasteiger partial charge is 0.484 e. The van der Waals surface area contributed by atoms with Crippen molar-refractivity contribution < 1.29 is 27.9 Å². The lowest BCUT2D eigenvalue weighted by atomic mass is 10.1. The van der Waals surface area contributed by atoms with Gasteiger partial charge < -0.3 is 13.9 Å². The van der Waals surface area contributed by atoms with Crippen molar-refractivity contribution in [2.45, 2.75) is 13.8 Å². The van der Waals surface area contributed by atoms with Crippen LogP contribution >= 0.6 is 15.9 Å². The van der Waals surface area contributed by atoms with E-state index < -0.39 is 11.8 Å². The molecule has 0 fully saturated rings. The monoisotopic (exact) mass is 434 g/mol. The smallest absolute Gasteiger partial charge is 0.342 e. The van der Waals surface area contributed by atoms with Gasteiger partial charge in [0.2, 0.25) is 0 Å². The van der Waals surface area contributed by atoms with Gasteiger partial charge in [-0.3, -0.25) is 4.79 Å². The predicted molar refractivity (Wildman–Crippen MR) is 101 cm³/mol. The number of ketones is 1. The Morgan fingerprint density at radius 2 is 1.89 bits per heavy atom. The topological polar surface area (TPSA) is 65.7 Å². The molecule has 0 atom stereocenters. The lowest BCUT2D eigenvalue weighted by Gasteiger charge is -2.08. The van der Waals surface area contributed by atoms with Crippen molar-refractivity contribution in [3.8, 4) is 5.75 Å². The Hall–Kier alpha value is -2.67. The van der Waals surface area contributed by atoms with Crippen molar-refractivity contribution in [2.75, 3.05) is 13.2 Å². The fourth-order valence-electron chi connectivity index (χ4n) is 2.65. The average Bonchev–Trinajstić information content (AvgIpc) is 2.94. The molecule has 3 rings (SSSR count). The van der Waals surface area contributed by atoms with Crippen LogP contribution in [0.4, 0.5) is 4.39 Å². The van der Waals surface area contributed by atoms with Gasteiger partial charge in [0, 0.05) is 10.9 Å². The van der Waals surface area contributed by atoms with Gasteiger partial charge in [-0.1, -0.05) is 0 Å². The number of carbonyl (C=O) groups excluding carboxylic acids is 2. The van der Waals surface area contributed by atoms with Crippen molar-refractivity contribution in [2.24, 2.45) is 0 Å². The zero-order valence-corrected chi connectivity index (χ0v) is 16.3. The van der Waals surface area contributed by atoms with E-state index in [0.717, 1.165) is 0 Å². The summed E-state index contributed by atoms with van der Waals surface area (Å²) in [6.45, 7) is 3.42. The van der Waals surface area contributed by atoms with Gasteiger partial charge in [-0.25, -0.2) is 9.18 Å². The number of hydrogen-bond donors (Lipinski definition) is 0. The highest BCUT2D eigenvalue weighted by molar-refractivity contribution is 9.10. The van der Waals surface area contributed by atoms with E-state index in [2.05, 4.69) is 15.9 Å². The van der Waals surface area contributed by atoms with Crippen molar-refractivity contribution >= 4 is 38.7 Å². The van der Waals surface area contributed by atoms with Gasteiger partial charge in [-0.2, -0.15) is 0 Å². The highest BCUT2D eigenvalue weighted by atomic mass is 79.9. The molecule has 2 aromatic carbocycles. The maximum Gasteiger partial charge on any atom is 0.342 e. The minimum absolute atomic E-state index is 0.235. The minimum atomic E-state index is -0.482. The van der Waals surface area contributed by atoms with Crippen LogP contribution in [0, 0.1) is 12.7 Å². The standard InChI is InChI=1S/C20H16BrFO5/c1-3-25-20(24)19-11(2)27-17-9-15(21)18(8-14(17)19)26-10-16(23)12-4-6-13(22)7-5-12/h4-9H,3,10H2,1-2H3. The van der Waals surface area contributed by atoms with Gasteiger partial charge in [0.1, 0.15) is 28.5 Å². The third kappa shape index (κ3) is 4.03. The molecule has 1 heterocycles. The van der Waals surface area contributed by atoms with Crippen molar-refractivity contribution in [3.63, 3.8) is 0 Å². The number of rotatable bonds is 6. The Bertz CT molecular complexity index is 1010. The molecule has 3 aromatic rings. The van der Waals surface area contributed by atoms with Crippen LogP contribution in [0.25, 0.3) is 11.0 Å². The summed E-state index contributed by atoms with van der Waals surface area (Å²) >= 11 is 3.37. The lowest BCUT2D eigenvalue weighted by Crippen LogP contribution is -2.12. The lowest BCUT2D eigenvalue weighted by molar-refractivity contribution is 0.0526. The van der Waals surface area contributed by atoms with E-state index in [1.807, 2.05) is 0 Å². The molecule has 1 aromatic heterocycles. The molecule has 0 amide bonds. The normalized spacial score (nSPS) is 10.8.